The number of hydrogen-bond donors (Lipinski definition) is 3. The van der Waals surface area contributed by atoms with Crippen LogP contribution in [-0.4, -0.2) is 50.6 Å². The van der Waals surface area contributed by atoms with Gasteiger partial charge in [0.15, 0.2) is 0 Å². The third kappa shape index (κ3) is 10.6. The van der Waals surface area contributed by atoms with Gasteiger partial charge in [0, 0.05) is 39.0 Å². The molecular formula is C60H101N3O4. The fraction of sp³-hybridized carbons (Fsp3) is 0.900. The third-order valence-corrected chi connectivity index (χ3v) is 22.2. The molecule has 7 nitrogen and oxygen atoms in total. The minimum atomic E-state index is -0.307. The Morgan fingerprint density at radius 2 is 0.955 bits per heavy atom. The second kappa shape index (κ2) is 21.4. The zero-order valence-corrected chi connectivity index (χ0v) is 44.8. The van der Waals surface area contributed by atoms with Gasteiger partial charge in [-0.25, -0.2) is 9.59 Å². The smallest absolute Gasteiger partial charge is 0.407 e. The molecule has 6 saturated carbocycles. The van der Waals surface area contributed by atoms with Crippen LogP contribution in [0.1, 0.15) is 210 Å². The summed E-state index contributed by atoms with van der Waals surface area (Å²) in [6.45, 7) is 27.4. The molecule has 0 bridgehead atoms. The van der Waals surface area contributed by atoms with E-state index in [1.807, 2.05) is 0 Å². The van der Waals surface area contributed by atoms with Gasteiger partial charge in [-0.05, 0) is 183 Å². The summed E-state index contributed by atoms with van der Waals surface area (Å²) < 4.78 is 12.1. The molecule has 8 aliphatic rings. The maximum atomic E-state index is 12.9. The molecule has 8 aliphatic carbocycles. The topological polar surface area (TPSA) is 88.7 Å². The average Bonchev–Trinajstić information content (AvgIpc) is 3.83. The van der Waals surface area contributed by atoms with Crippen molar-refractivity contribution in [2.45, 2.75) is 223 Å². The molecule has 0 spiro atoms. The van der Waals surface area contributed by atoms with Crippen molar-refractivity contribution in [1.82, 2.24) is 16.0 Å². The summed E-state index contributed by atoms with van der Waals surface area (Å²) in [5.74, 6) is 10.0. The summed E-state index contributed by atoms with van der Waals surface area (Å²) in [5, 5.41) is 9.33. The summed E-state index contributed by atoms with van der Waals surface area (Å²) in [6, 6.07) is 0. The lowest BCUT2D eigenvalue weighted by molar-refractivity contribution is -0.0581. The second-order valence-electron chi connectivity index (χ2n) is 26.7. The van der Waals surface area contributed by atoms with Gasteiger partial charge < -0.3 is 25.4 Å². The molecular weight excluding hydrogens is 827 g/mol. The SMILES string of the molecule is CC(C)CCC[C@@H](C)[C@H]1CC[C@H]2[C@@H]3CC=C4C[C@@H](OC(=O)NCCNCCNC(=O)O[C@H]5CC[C@@]6(C)C(=CC[C@H]7[C@@H]8CC[C@H]([C@H](C)CCCC(C)C)[C@@]8(C)CC[C@@H]76)C5)CC[C@]4(C)[C@H]3CC[C@]12C. The van der Waals surface area contributed by atoms with E-state index in [-0.39, 0.29) is 35.2 Å². The number of fused-ring (bicyclic) bond motifs is 10. The molecule has 0 heterocycles. The van der Waals surface area contributed by atoms with Crippen molar-refractivity contribution in [2.75, 3.05) is 26.2 Å². The van der Waals surface area contributed by atoms with Crippen LogP contribution in [0.3, 0.4) is 0 Å². The molecule has 0 unspecified atom stereocenters. The standard InChI is InChI=1S/C60H101N3O4/c1-39(2)13-11-15-41(5)49-21-23-51-47-19-17-43-37-45(25-29-57(43,7)53(47)27-31-59(49,51)9)66-55(64)62-35-33-61-34-36-63-56(65)67-46-26-30-58(8)44(38-46)18-20-48-52-24-22-50(42(6)16-12-14-40(3)4)60(52,10)32-28-54(48)58/h17-18,39-42,45-54,61H,11-16,19-38H2,1-10H3,(H,62,64)(H,63,65)/t41-,42-,45+,46+,47+,48+,49-,50-,51+,52+,53+,54+,57+,58+,59-,60-/m1/s1. The van der Waals surface area contributed by atoms with Crippen LogP contribution in [0.4, 0.5) is 9.59 Å². The van der Waals surface area contributed by atoms with Crippen molar-refractivity contribution >= 4 is 12.2 Å². The van der Waals surface area contributed by atoms with E-state index in [1.165, 1.54) is 103 Å². The van der Waals surface area contributed by atoms with E-state index in [9.17, 15) is 9.59 Å². The highest BCUT2D eigenvalue weighted by Crippen LogP contribution is 2.69. The molecule has 67 heavy (non-hydrogen) atoms. The molecule has 0 aromatic carbocycles. The Morgan fingerprint density at radius 3 is 1.36 bits per heavy atom. The van der Waals surface area contributed by atoms with Gasteiger partial charge in [-0.15, -0.1) is 0 Å². The van der Waals surface area contributed by atoms with Gasteiger partial charge in [0.2, 0.25) is 0 Å². The molecule has 0 aliphatic heterocycles. The quantitative estimate of drug-likeness (QED) is 0.0941. The molecule has 2 amide bonds. The van der Waals surface area contributed by atoms with E-state index >= 15 is 0 Å². The lowest BCUT2D eigenvalue weighted by atomic mass is 9.47. The fourth-order valence-electron chi connectivity index (χ4n) is 18.5. The van der Waals surface area contributed by atoms with E-state index < -0.39 is 0 Å². The van der Waals surface area contributed by atoms with Crippen molar-refractivity contribution in [3.63, 3.8) is 0 Å². The van der Waals surface area contributed by atoms with E-state index in [0.29, 0.717) is 37.0 Å². The lowest BCUT2D eigenvalue weighted by Crippen LogP contribution is -2.51. The van der Waals surface area contributed by atoms with Gasteiger partial charge in [0.05, 0.1) is 0 Å². The number of carbonyl (C=O) groups is 2. The van der Waals surface area contributed by atoms with E-state index in [4.69, 9.17) is 9.47 Å². The Bertz CT molecular complexity index is 1630. The number of ether oxygens (including phenoxy) is 2. The van der Waals surface area contributed by atoms with Gasteiger partial charge in [-0.2, -0.15) is 0 Å². The average molecular weight is 928 g/mol. The summed E-state index contributed by atoms with van der Waals surface area (Å²) >= 11 is 0. The summed E-state index contributed by atoms with van der Waals surface area (Å²) in [6.07, 6.45) is 32.5. The molecule has 16 atom stereocenters. The Hall–Kier alpha value is -2.02. The number of amides is 2. The zero-order valence-electron chi connectivity index (χ0n) is 44.8. The molecule has 6 fully saturated rings. The van der Waals surface area contributed by atoms with Crippen LogP contribution in [0, 0.1) is 92.7 Å². The number of rotatable bonds is 18. The molecule has 7 heteroatoms. The van der Waals surface area contributed by atoms with E-state index in [1.54, 1.807) is 11.1 Å². The second-order valence-corrected chi connectivity index (χ2v) is 26.7. The van der Waals surface area contributed by atoms with Gasteiger partial charge >= 0.3 is 12.2 Å². The number of hydrogen-bond acceptors (Lipinski definition) is 5. The van der Waals surface area contributed by atoms with Crippen LogP contribution in [0.25, 0.3) is 0 Å². The highest BCUT2D eigenvalue weighted by molar-refractivity contribution is 5.67. The van der Waals surface area contributed by atoms with Gasteiger partial charge in [0.1, 0.15) is 12.2 Å². The molecule has 0 aromatic heterocycles. The number of nitrogens with one attached hydrogen (secondary N) is 3. The van der Waals surface area contributed by atoms with Crippen molar-refractivity contribution in [3.05, 3.63) is 23.3 Å². The van der Waals surface area contributed by atoms with Crippen LogP contribution in [-0.2, 0) is 9.47 Å². The minimum absolute atomic E-state index is 0.0404. The molecule has 0 aromatic rings. The van der Waals surface area contributed by atoms with E-state index in [2.05, 4.69) is 97.3 Å². The van der Waals surface area contributed by atoms with Crippen LogP contribution < -0.4 is 16.0 Å². The number of alkyl carbamates (subject to hydrolysis) is 2. The van der Waals surface area contributed by atoms with Crippen LogP contribution in [0.5, 0.6) is 0 Å². The third-order valence-electron chi connectivity index (χ3n) is 22.2. The van der Waals surface area contributed by atoms with E-state index in [0.717, 1.165) is 110 Å². The highest BCUT2D eigenvalue weighted by atomic mass is 16.6. The molecule has 0 saturated heterocycles. The summed E-state index contributed by atoms with van der Waals surface area (Å²) in [7, 11) is 0. The first kappa shape index (κ1) is 51.3. The monoisotopic (exact) mass is 928 g/mol. The molecule has 8 rings (SSSR count). The first-order valence-corrected chi connectivity index (χ1v) is 28.9. The maximum Gasteiger partial charge on any atom is 0.407 e. The predicted octanol–water partition coefficient (Wildman–Crippen LogP) is 14.8. The summed E-state index contributed by atoms with van der Waals surface area (Å²) in [4.78, 5) is 25.9. The van der Waals surface area contributed by atoms with Crippen LogP contribution in [0.15, 0.2) is 23.3 Å². The van der Waals surface area contributed by atoms with Crippen molar-refractivity contribution in [1.29, 1.82) is 0 Å². The van der Waals surface area contributed by atoms with Gasteiger partial charge in [-0.3, -0.25) is 0 Å². The first-order chi connectivity index (χ1) is 32.0. The predicted molar refractivity (Wildman–Crippen MR) is 276 cm³/mol. The largest absolute Gasteiger partial charge is 0.446 e. The van der Waals surface area contributed by atoms with Gasteiger partial charge in [0.25, 0.3) is 0 Å². The number of allylic oxidation sites excluding steroid dienone is 2. The lowest BCUT2D eigenvalue weighted by Gasteiger charge is -2.58. The normalized spacial score (nSPS) is 40.8. The molecule has 0 radical (unpaired) electrons. The number of carbonyl (C=O) groups excluding carboxylic acids is 2. The van der Waals surface area contributed by atoms with Crippen molar-refractivity contribution < 1.29 is 19.1 Å². The maximum absolute atomic E-state index is 12.9. The minimum Gasteiger partial charge on any atom is -0.446 e. The van der Waals surface area contributed by atoms with Gasteiger partial charge in [-0.1, -0.05) is 131 Å². The zero-order chi connectivity index (χ0) is 47.7. The van der Waals surface area contributed by atoms with Crippen LogP contribution in [0.2, 0.25) is 0 Å². The molecule has 3 N–H and O–H groups in total. The first-order valence-electron chi connectivity index (χ1n) is 28.9. The van der Waals surface area contributed by atoms with Crippen LogP contribution >= 0.6 is 0 Å². The van der Waals surface area contributed by atoms with Crippen molar-refractivity contribution in [2.24, 2.45) is 92.7 Å². The summed E-state index contributed by atoms with van der Waals surface area (Å²) in [5.41, 5.74) is 4.66. The Morgan fingerprint density at radius 1 is 0.537 bits per heavy atom. The Balaban J connectivity index is 0.703. The molecule has 380 valence electrons. The van der Waals surface area contributed by atoms with Crippen molar-refractivity contribution in [3.8, 4) is 0 Å². The Kier molecular flexibility index (Phi) is 16.4. The highest BCUT2D eigenvalue weighted by Gasteiger charge is 2.61. The fourth-order valence-corrected chi connectivity index (χ4v) is 18.5. The Labute approximate surface area is 410 Å².